The van der Waals surface area contributed by atoms with Crippen molar-refractivity contribution in [2.24, 2.45) is 0 Å². The summed E-state index contributed by atoms with van der Waals surface area (Å²) in [6.45, 7) is 0. The third kappa shape index (κ3) is 2.45. The SMILES string of the molecule is COc1ccc(O)c(C(=O)NC2(C(F)(F)F)CC2)c1. The number of nitrogens with one attached hydrogen (secondary N) is 1. The molecule has 0 radical (unpaired) electrons. The lowest BCUT2D eigenvalue weighted by molar-refractivity contribution is -0.163. The van der Waals surface area contributed by atoms with Crippen molar-refractivity contribution in [3.05, 3.63) is 23.8 Å². The number of carbonyl (C=O) groups is 1. The maximum atomic E-state index is 12.7. The Labute approximate surface area is 107 Å². The first kappa shape index (κ1) is 13.5. The molecule has 2 N–H and O–H groups in total. The number of ether oxygens (including phenoxy) is 1. The molecule has 7 heteroatoms. The zero-order valence-corrected chi connectivity index (χ0v) is 10.0. The van der Waals surface area contributed by atoms with Gasteiger partial charge in [0.05, 0.1) is 12.7 Å². The van der Waals surface area contributed by atoms with Crippen LogP contribution >= 0.6 is 0 Å². The molecule has 0 heterocycles. The topological polar surface area (TPSA) is 58.6 Å². The molecule has 1 amide bonds. The van der Waals surface area contributed by atoms with Gasteiger partial charge in [0.1, 0.15) is 17.0 Å². The smallest absolute Gasteiger partial charge is 0.411 e. The van der Waals surface area contributed by atoms with Crippen LogP contribution in [0.1, 0.15) is 23.2 Å². The average Bonchev–Trinajstić information content (AvgIpc) is 3.10. The minimum absolute atomic E-state index is 0.146. The predicted molar refractivity (Wildman–Crippen MR) is 60.1 cm³/mol. The largest absolute Gasteiger partial charge is 0.507 e. The van der Waals surface area contributed by atoms with Gasteiger partial charge in [0.25, 0.3) is 5.91 Å². The summed E-state index contributed by atoms with van der Waals surface area (Å²) in [5, 5.41) is 11.5. The van der Waals surface area contributed by atoms with Gasteiger partial charge in [0.2, 0.25) is 0 Å². The maximum Gasteiger partial charge on any atom is 0.411 e. The minimum Gasteiger partial charge on any atom is -0.507 e. The number of amides is 1. The zero-order chi connectivity index (χ0) is 14.3. The van der Waals surface area contributed by atoms with Crippen LogP contribution in [0.4, 0.5) is 13.2 Å². The molecule has 1 aromatic rings. The normalized spacial score (nSPS) is 16.8. The summed E-state index contributed by atoms with van der Waals surface area (Å²) in [5.74, 6) is -1.08. The van der Waals surface area contributed by atoms with Crippen LogP contribution in [0.3, 0.4) is 0 Å². The molecule has 1 aliphatic rings. The van der Waals surface area contributed by atoms with Gasteiger partial charge in [-0.25, -0.2) is 0 Å². The number of rotatable bonds is 3. The van der Waals surface area contributed by atoms with Gasteiger partial charge >= 0.3 is 6.18 Å². The highest BCUT2D eigenvalue weighted by atomic mass is 19.4. The Balaban J connectivity index is 2.22. The van der Waals surface area contributed by atoms with Crippen LogP contribution in [-0.2, 0) is 0 Å². The number of methoxy groups -OCH3 is 1. The van der Waals surface area contributed by atoms with Crippen molar-refractivity contribution < 1.29 is 27.8 Å². The highest BCUT2D eigenvalue weighted by molar-refractivity contribution is 5.98. The van der Waals surface area contributed by atoms with E-state index in [0.717, 1.165) is 0 Å². The van der Waals surface area contributed by atoms with Crippen molar-refractivity contribution in [3.8, 4) is 11.5 Å². The Morgan fingerprint density at radius 1 is 1.42 bits per heavy atom. The molecule has 0 unspecified atom stereocenters. The number of alkyl halides is 3. The summed E-state index contributed by atoms with van der Waals surface area (Å²) in [5.41, 5.74) is -2.39. The van der Waals surface area contributed by atoms with Crippen LogP contribution in [0.25, 0.3) is 0 Å². The van der Waals surface area contributed by atoms with Crippen molar-refractivity contribution in [1.82, 2.24) is 5.32 Å². The first-order valence-electron chi connectivity index (χ1n) is 5.55. The highest BCUT2D eigenvalue weighted by Gasteiger charge is 2.64. The number of phenolic OH excluding ortho intramolecular Hbond substituents is 1. The molecule has 0 aliphatic heterocycles. The lowest BCUT2D eigenvalue weighted by Gasteiger charge is -2.21. The zero-order valence-electron chi connectivity index (χ0n) is 10.0. The van der Waals surface area contributed by atoms with Crippen molar-refractivity contribution >= 4 is 5.91 Å². The molecule has 1 aromatic carbocycles. The molecule has 0 spiro atoms. The summed E-state index contributed by atoms with van der Waals surface area (Å²) in [4.78, 5) is 11.8. The fourth-order valence-electron chi connectivity index (χ4n) is 1.71. The monoisotopic (exact) mass is 275 g/mol. The van der Waals surface area contributed by atoms with Crippen molar-refractivity contribution in [2.75, 3.05) is 7.11 Å². The fourth-order valence-corrected chi connectivity index (χ4v) is 1.71. The molecule has 0 bridgehead atoms. The summed E-state index contributed by atoms with van der Waals surface area (Å²) < 4.78 is 43.0. The average molecular weight is 275 g/mol. The fraction of sp³-hybridized carbons (Fsp3) is 0.417. The molecule has 2 rings (SSSR count). The van der Waals surface area contributed by atoms with E-state index in [4.69, 9.17) is 4.74 Å². The van der Waals surface area contributed by atoms with Crippen molar-refractivity contribution in [2.45, 2.75) is 24.6 Å². The van der Waals surface area contributed by atoms with Gasteiger partial charge in [-0.3, -0.25) is 4.79 Å². The Morgan fingerprint density at radius 2 is 2.05 bits per heavy atom. The van der Waals surface area contributed by atoms with Gasteiger partial charge in [-0.2, -0.15) is 13.2 Å². The first-order valence-corrected chi connectivity index (χ1v) is 5.55. The molecular formula is C12H12F3NO3. The second-order valence-corrected chi connectivity index (χ2v) is 4.42. The Bertz CT molecular complexity index is 509. The number of carbonyl (C=O) groups excluding carboxylic acids is 1. The van der Waals surface area contributed by atoms with E-state index in [9.17, 15) is 23.1 Å². The highest BCUT2D eigenvalue weighted by Crippen LogP contribution is 2.49. The Morgan fingerprint density at radius 3 is 2.53 bits per heavy atom. The van der Waals surface area contributed by atoms with Crippen molar-refractivity contribution in [3.63, 3.8) is 0 Å². The second kappa shape index (κ2) is 4.32. The van der Waals surface area contributed by atoms with Gasteiger partial charge in [-0.05, 0) is 31.0 Å². The van der Waals surface area contributed by atoms with Gasteiger partial charge < -0.3 is 15.2 Å². The predicted octanol–water partition coefficient (Wildman–Crippen LogP) is 2.23. The van der Waals surface area contributed by atoms with Crippen LogP contribution in [0.5, 0.6) is 11.5 Å². The van der Waals surface area contributed by atoms with E-state index < -0.39 is 23.4 Å². The van der Waals surface area contributed by atoms with Crippen LogP contribution in [0.2, 0.25) is 0 Å². The molecule has 104 valence electrons. The summed E-state index contributed by atoms with van der Waals surface area (Å²) >= 11 is 0. The molecule has 0 saturated heterocycles. The second-order valence-electron chi connectivity index (χ2n) is 4.42. The quantitative estimate of drug-likeness (QED) is 0.889. The Hall–Kier alpha value is -1.92. The summed E-state index contributed by atoms with van der Waals surface area (Å²) in [6, 6.07) is 3.79. The van der Waals surface area contributed by atoms with Gasteiger partial charge in [0, 0.05) is 0 Å². The third-order valence-corrected chi connectivity index (χ3v) is 3.09. The number of hydrogen-bond donors (Lipinski definition) is 2. The maximum absolute atomic E-state index is 12.7. The van der Waals surface area contributed by atoms with E-state index in [1.165, 1.54) is 25.3 Å². The number of benzene rings is 1. The van der Waals surface area contributed by atoms with E-state index in [0.29, 0.717) is 0 Å². The molecule has 4 nitrogen and oxygen atoms in total. The number of hydrogen-bond acceptors (Lipinski definition) is 3. The molecule has 1 saturated carbocycles. The molecular weight excluding hydrogens is 263 g/mol. The number of aromatic hydroxyl groups is 1. The van der Waals surface area contributed by atoms with Crippen LogP contribution < -0.4 is 10.1 Å². The third-order valence-electron chi connectivity index (χ3n) is 3.09. The summed E-state index contributed by atoms with van der Waals surface area (Å²) in [7, 11) is 1.35. The van der Waals surface area contributed by atoms with E-state index >= 15 is 0 Å². The minimum atomic E-state index is -4.49. The molecule has 1 fully saturated rings. The molecule has 0 atom stereocenters. The number of phenols is 1. The molecule has 19 heavy (non-hydrogen) atoms. The van der Waals surface area contributed by atoms with Crippen LogP contribution in [0, 0.1) is 0 Å². The molecule has 0 aromatic heterocycles. The van der Waals surface area contributed by atoms with Crippen LogP contribution in [-0.4, -0.2) is 29.8 Å². The first-order chi connectivity index (χ1) is 8.79. The van der Waals surface area contributed by atoms with E-state index in [1.54, 1.807) is 0 Å². The molecule has 1 aliphatic carbocycles. The van der Waals surface area contributed by atoms with Gasteiger partial charge in [0.15, 0.2) is 0 Å². The Kier molecular flexibility index (Phi) is 3.07. The lowest BCUT2D eigenvalue weighted by atomic mass is 10.1. The number of halogens is 3. The van der Waals surface area contributed by atoms with Gasteiger partial charge in [-0.15, -0.1) is 0 Å². The van der Waals surface area contributed by atoms with E-state index in [1.807, 2.05) is 5.32 Å². The van der Waals surface area contributed by atoms with Gasteiger partial charge in [-0.1, -0.05) is 0 Å². The van der Waals surface area contributed by atoms with Crippen molar-refractivity contribution in [1.29, 1.82) is 0 Å². The lowest BCUT2D eigenvalue weighted by Crippen LogP contribution is -2.47. The van der Waals surface area contributed by atoms with Crippen LogP contribution in [0.15, 0.2) is 18.2 Å². The van der Waals surface area contributed by atoms with E-state index in [-0.39, 0.29) is 24.2 Å². The standard InChI is InChI=1S/C12H12F3NO3/c1-19-7-2-3-9(17)8(6-7)10(18)16-11(4-5-11)12(13,14)15/h2-3,6,17H,4-5H2,1H3,(H,16,18). The van der Waals surface area contributed by atoms with E-state index in [2.05, 4.69) is 0 Å². The summed E-state index contributed by atoms with van der Waals surface area (Å²) in [6.07, 6.45) is -4.78.